The Labute approximate surface area is 149 Å². The van der Waals surface area contributed by atoms with E-state index < -0.39 is 10.0 Å². The second-order valence-electron chi connectivity index (χ2n) is 5.66. The maximum atomic E-state index is 11.3. The Bertz CT molecular complexity index is 803. The molecule has 4 N–H and O–H groups in total. The van der Waals surface area contributed by atoms with Crippen molar-refractivity contribution in [3.05, 3.63) is 65.7 Å². The van der Waals surface area contributed by atoms with Gasteiger partial charge in [0.1, 0.15) is 0 Å². The molecule has 0 bridgehead atoms. The molecule has 0 saturated carbocycles. The van der Waals surface area contributed by atoms with Gasteiger partial charge in [-0.05, 0) is 37.1 Å². The van der Waals surface area contributed by atoms with E-state index in [1.165, 1.54) is 17.7 Å². The first-order valence-electron chi connectivity index (χ1n) is 8.11. The van der Waals surface area contributed by atoms with Crippen LogP contribution in [0.1, 0.15) is 31.0 Å². The number of aliphatic imine (C=N–C) groups is 1. The van der Waals surface area contributed by atoms with Crippen LogP contribution in [0.2, 0.25) is 0 Å². The lowest BCUT2D eigenvalue weighted by molar-refractivity contribution is 0.597. The zero-order chi connectivity index (χ0) is 18.3. The molecule has 0 fully saturated rings. The third kappa shape index (κ3) is 5.88. The van der Waals surface area contributed by atoms with Crippen LogP contribution in [0.25, 0.3) is 0 Å². The zero-order valence-corrected chi connectivity index (χ0v) is 15.3. The van der Waals surface area contributed by atoms with E-state index in [9.17, 15) is 8.42 Å². The summed E-state index contributed by atoms with van der Waals surface area (Å²) in [5.74, 6) is 0.703. The van der Waals surface area contributed by atoms with Gasteiger partial charge in [0.2, 0.25) is 10.0 Å². The summed E-state index contributed by atoms with van der Waals surface area (Å²) < 4.78 is 22.6. The first kappa shape index (κ1) is 19.0. The van der Waals surface area contributed by atoms with Crippen LogP contribution in [0.4, 0.5) is 0 Å². The van der Waals surface area contributed by atoms with Crippen LogP contribution in [0.15, 0.2) is 64.5 Å². The number of sulfonamides is 1. The summed E-state index contributed by atoms with van der Waals surface area (Å²) >= 11 is 0. The van der Waals surface area contributed by atoms with Gasteiger partial charge in [0, 0.05) is 6.54 Å². The molecule has 1 atom stereocenters. The molecule has 0 amide bonds. The molecule has 0 aromatic heterocycles. The molecule has 25 heavy (non-hydrogen) atoms. The van der Waals surface area contributed by atoms with Crippen molar-refractivity contribution >= 4 is 16.0 Å². The van der Waals surface area contributed by atoms with E-state index in [1.54, 1.807) is 12.1 Å². The Morgan fingerprint density at radius 1 is 1.12 bits per heavy atom. The highest BCUT2D eigenvalue weighted by Gasteiger charge is 2.08. The number of rotatable bonds is 6. The fraction of sp³-hybridized carbons (Fsp3) is 0.278. The average Bonchev–Trinajstić information content (AvgIpc) is 2.60. The molecule has 2 aromatic rings. The van der Waals surface area contributed by atoms with Gasteiger partial charge in [0.05, 0.1) is 17.5 Å². The van der Waals surface area contributed by atoms with Crippen LogP contribution in [-0.4, -0.2) is 20.9 Å². The smallest absolute Gasteiger partial charge is 0.238 e. The van der Waals surface area contributed by atoms with Crippen molar-refractivity contribution in [3.63, 3.8) is 0 Å². The highest BCUT2D eigenvalue weighted by atomic mass is 32.2. The molecule has 0 aliphatic heterocycles. The topological polar surface area (TPSA) is 96.6 Å². The lowest BCUT2D eigenvalue weighted by Gasteiger charge is -2.18. The number of hydrogen-bond acceptors (Lipinski definition) is 3. The summed E-state index contributed by atoms with van der Waals surface area (Å²) in [5, 5.41) is 11.7. The minimum atomic E-state index is -3.67. The third-order valence-corrected chi connectivity index (χ3v) is 4.60. The fourth-order valence-corrected chi connectivity index (χ4v) is 2.82. The molecule has 2 aromatic carbocycles. The number of hydrogen-bond donors (Lipinski definition) is 3. The molecule has 2 rings (SSSR count). The molecule has 134 valence electrons. The number of guanidine groups is 1. The molecule has 0 heterocycles. The number of nitrogens with one attached hydrogen (secondary N) is 2. The molecule has 0 saturated heterocycles. The van der Waals surface area contributed by atoms with Crippen molar-refractivity contribution in [2.24, 2.45) is 10.1 Å². The van der Waals surface area contributed by atoms with Crippen molar-refractivity contribution < 1.29 is 8.42 Å². The predicted molar refractivity (Wildman–Crippen MR) is 101 cm³/mol. The molecule has 0 radical (unpaired) electrons. The molecule has 0 aliphatic rings. The molecule has 7 heteroatoms. The van der Waals surface area contributed by atoms with E-state index in [4.69, 9.17) is 5.14 Å². The van der Waals surface area contributed by atoms with Crippen molar-refractivity contribution in [2.45, 2.75) is 31.3 Å². The van der Waals surface area contributed by atoms with Crippen LogP contribution in [0, 0.1) is 0 Å². The second-order valence-corrected chi connectivity index (χ2v) is 7.22. The molecular formula is C18H24N4O2S. The normalized spacial score (nSPS) is 13.3. The molecule has 0 aliphatic carbocycles. The van der Waals surface area contributed by atoms with E-state index in [0.717, 1.165) is 12.1 Å². The Balaban J connectivity index is 2.06. The minimum Gasteiger partial charge on any atom is -0.357 e. The molecule has 1 unspecified atom stereocenters. The van der Waals surface area contributed by atoms with Gasteiger partial charge < -0.3 is 10.6 Å². The van der Waals surface area contributed by atoms with Gasteiger partial charge in [0.25, 0.3) is 0 Å². The van der Waals surface area contributed by atoms with Crippen molar-refractivity contribution in [1.82, 2.24) is 10.6 Å². The number of nitrogens with zero attached hydrogens (tertiary/aromatic N) is 1. The summed E-state index contributed by atoms with van der Waals surface area (Å²) in [6.45, 7) is 5.26. The summed E-state index contributed by atoms with van der Waals surface area (Å²) in [5.41, 5.74) is 2.07. The Morgan fingerprint density at radius 2 is 1.76 bits per heavy atom. The van der Waals surface area contributed by atoms with E-state index >= 15 is 0 Å². The van der Waals surface area contributed by atoms with Gasteiger partial charge in [-0.1, -0.05) is 42.5 Å². The quantitative estimate of drug-likeness (QED) is 0.543. The van der Waals surface area contributed by atoms with Crippen LogP contribution < -0.4 is 15.8 Å². The molecule has 6 nitrogen and oxygen atoms in total. The van der Waals surface area contributed by atoms with Crippen molar-refractivity contribution in [2.75, 3.05) is 6.54 Å². The van der Waals surface area contributed by atoms with Gasteiger partial charge in [0.15, 0.2) is 5.96 Å². The van der Waals surface area contributed by atoms with Gasteiger partial charge in [-0.15, -0.1) is 0 Å². The highest BCUT2D eigenvalue weighted by Crippen LogP contribution is 2.12. The summed E-state index contributed by atoms with van der Waals surface area (Å²) in [6.07, 6.45) is 0. The minimum absolute atomic E-state index is 0.1000. The first-order chi connectivity index (χ1) is 11.9. The van der Waals surface area contributed by atoms with Crippen LogP contribution in [0.3, 0.4) is 0 Å². The summed E-state index contributed by atoms with van der Waals surface area (Å²) in [7, 11) is -3.67. The maximum Gasteiger partial charge on any atom is 0.238 e. The lowest BCUT2D eigenvalue weighted by atomic mass is 10.1. The second kappa shape index (κ2) is 8.64. The lowest BCUT2D eigenvalue weighted by Crippen LogP contribution is -2.38. The first-order valence-corrected chi connectivity index (χ1v) is 9.66. The van der Waals surface area contributed by atoms with Crippen molar-refractivity contribution in [1.29, 1.82) is 0 Å². The van der Waals surface area contributed by atoms with Crippen LogP contribution in [-0.2, 0) is 16.6 Å². The molecule has 0 spiro atoms. The SMILES string of the molecule is CCNC(=NCc1ccc(S(N)(=O)=O)cc1)NC(C)c1ccccc1. The highest BCUT2D eigenvalue weighted by molar-refractivity contribution is 7.89. The van der Waals surface area contributed by atoms with E-state index in [1.807, 2.05) is 25.1 Å². The Kier molecular flexibility index (Phi) is 6.55. The van der Waals surface area contributed by atoms with E-state index in [0.29, 0.717) is 12.5 Å². The number of benzene rings is 2. The summed E-state index contributed by atoms with van der Waals surface area (Å²) in [6, 6.07) is 16.7. The summed E-state index contributed by atoms with van der Waals surface area (Å²) in [4.78, 5) is 4.65. The fourth-order valence-electron chi connectivity index (χ4n) is 2.31. The van der Waals surface area contributed by atoms with Gasteiger partial charge in [-0.25, -0.2) is 18.5 Å². The van der Waals surface area contributed by atoms with E-state index in [2.05, 4.69) is 34.7 Å². The van der Waals surface area contributed by atoms with Crippen LogP contribution in [0.5, 0.6) is 0 Å². The van der Waals surface area contributed by atoms with Gasteiger partial charge >= 0.3 is 0 Å². The third-order valence-electron chi connectivity index (χ3n) is 3.67. The zero-order valence-electron chi connectivity index (χ0n) is 14.4. The van der Waals surface area contributed by atoms with Gasteiger partial charge in [-0.3, -0.25) is 0 Å². The van der Waals surface area contributed by atoms with Crippen molar-refractivity contribution in [3.8, 4) is 0 Å². The molecular weight excluding hydrogens is 336 g/mol. The monoisotopic (exact) mass is 360 g/mol. The number of nitrogens with two attached hydrogens (primary N) is 1. The standard InChI is InChI=1S/C18H24N4O2S/c1-3-20-18(22-14(2)16-7-5-4-6-8-16)21-13-15-9-11-17(12-10-15)25(19,23)24/h4-12,14H,3,13H2,1-2H3,(H2,19,23,24)(H2,20,21,22). The van der Waals surface area contributed by atoms with E-state index in [-0.39, 0.29) is 10.9 Å². The largest absolute Gasteiger partial charge is 0.357 e. The number of primary sulfonamides is 1. The van der Waals surface area contributed by atoms with Crippen LogP contribution >= 0.6 is 0 Å². The predicted octanol–water partition coefficient (Wildman–Crippen LogP) is 2.15. The Hall–Kier alpha value is -2.38. The Morgan fingerprint density at radius 3 is 2.32 bits per heavy atom. The maximum absolute atomic E-state index is 11.3. The average molecular weight is 360 g/mol. The van der Waals surface area contributed by atoms with Gasteiger partial charge in [-0.2, -0.15) is 0 Å².